The van der Waals surface area contributed by atoms with Gasteiger partial charge in [-0.05, 0) is 37.3 Å². The van der Waals surface area contributed by atoms with Gasteiger partial charge in [-0.3, -0.25) is 4.79 Å². The number of benzene rings is 2. The van der Waals surface area contributed by atoms with Crippen molar-refractivity contribution in [3.05, 3.63) is 60.2 Å². The van der Waals surface area contributed by atoms with Gasteiger partial charge in [0.15, 0.2) is 18.1 Å². The van der Waals surface area contributed by atoms with Gasteiger partial charge in [0, 0.05) is 6.07 Å². The number of anilines is 1. The van der Waals surface area contributed by atoms with Crippen molar-refractivity contribution >= 4 is 11.6 Å². The van der Waals surface area contributed by atoms with Crippen LogP contribution in [-0.4, -0.2) is 33.9 Å². The Morgan fingerprint density at radius 2 is 2.00 bits per heavy atom. The summed E-state index contributed by atoms with van der Waals surface area (Å²) in [5.41, 5.74) is -0.494. The molecule has 2 aromatic carbocycles. The number of carbonyl (C=O) groups excluding carboxylic acids is 1. The van der Waals surface area contributed by atoms with Crippen molar-refractivity contribution in [2.45, 2.75) is 13.1 Å². The third-order valence-corrected chi connectivity index (χ3v) is 3.99. The van der Waals surface area contributed by atoms with Crippen LogP contribution in [0.1, 0.15) is 18.1 Å². The predicted molar refractivity (Wildman–Crippen MR) is 103 cm³/mol. The van der Waals surface area contributed by atoms with Gasteiger partial charge in [-0.2, -0.15) is 23.5 Å². The fraction of sp³-hybridized carbons (Fsp3) is 0.200. The van der Waals surface area contributed by atoms with Gasteiger partial charge in [-0.1, -0.05) is 0 Å². The van der Waals surface area contributed by atoms with E-state index in [0.29, 0.717) is 12.2 Å². The molecule has 0 saturated carbocycles. The van der Waals surface area contributed by atoms with E-state index in [0.717, 1.165) is 12.1 Å². The van der Waals surface area contributed by atoms with Gasteiger partial charge in [-0.15, -0.1) is 0 Å². The van der Waals surface area contributed by atoms with Crippen LogP contribution in [-0.2, 0) is 11.0 Å². The van der Waals surface area contributed by atoms with E-state index in [1.165, 1.54) is 41.6 Å². The molecular weight excluding hydrogens is 415 g/mol. The maximum atomic E-state index is 13.1. The van der Waals surface area contributed by atoms with Crippen LogP contribution in [0.3, 0.4) is 0 Å². The molecule has 0 aliphatic heterocycles. The fourth-order valence-corrected chi connectivity index (χ4v) is 2.64. The first kappa shape index (κ1) is 21.6. The summed E-state index contributed by atoms with van der Waals surface area (Å²) in [6.07, 6.45) is -2.09. The van der Waals surface area contributed by atoms with E-state index < -0.39 is 24.3 Å². The first-order chi connectivity index (χ1) is 14.8. The van der Waals surface area contributed by atoms with E-state index in [2.05, 4.69) is 15.4 Å². The maximum Gasteiger partial charge on any atom is 0.416 e. The van der Waals surface area contributed by atoms with E-state index in [1.54, 1.807) is 6.92 Å². The highest BCUT2D eigenvalue weighted by Gasteiger charge is 2.31. The van der Waals surface area contributed by atoms with Crippen molar-refractivity contribution in [1.82, 2.24) is 14.8 Å². The lowest BCUT2D eigenvalue weighted by atomic mass is 10.1. The number of carbonyl (C=O) groups is 1. The number of amides is 1. The average Bonchev–Trinajstić information content (AvgIpc) is 3.27. The van der Waals surface area contributed by atoms with Gasteiger partial charge in [-0.25, -0.2) is 9.67 Å². The minimum atomic E-state index is -4.59. The third kappa shape index (κ3) is 5.30. The van der Waals surface area contributed by atoms with Crippen molar-refractivity contribution in [2.75, 3.05) is 18.5 Å². The normalized spacial score (nSPS) is 10.9. The van der Waals surface area contributed by atoms with Crippen LogP contribution in [0.4, 0.5) is 18.9 Å². The van der Waals surface area contributed by atoms with Crippen molar-refractivity contribution in [1.29, 1.82) is 5.26 Å². The second-order valence-electron chi connectivity index (χ2n) is 6.11. The lowest BCUT2D eigenvalue weighted by Gasteiger charge is -2.15. The standard InChI is InChI=1S/C20H16F3N5O3/c1-2-30-18-7-13(9-24)3-6-17(18)31-10-19(29)27-15-8-14(20(21,22)23)4-5-16(15)28-12-25-11-26-28/h3-8,11-12H,2,10H2,1H3,(H,27,29). The molecule has 3 rings (SSSR count). The monoisotopic (exact) mass is 431 g/mol. The molecule has 0 bridgehead atoms. The summed E-state index contributed by atoms with van der Waals surface area (Å²) in [4.78, 5) is 16.2. The Kier molecular flexibility index (Phi) is 6.40. The molecule has 0 aliphatic carbocycles. The second kappa shape index (κ2) is 9.17. The highest BCUT2D eigenvalue weighted by atomic mass is 19.4. The van der Waals surface area contributed by atoms with Gasteiger partial charge in [0.05, 0.1) is 35.2 Å². The Hall–Kier alpha value is -4.07. The zero-order valence-electron chi connectivity index (χ0n) is 16.2. The van der Waals surface area contributed by atoms with Crippen LogP contribution in [0.5, 0.6) is 11.5 Å². The smallest absolute Gasteiger partial charge is 0.416 e. The van der Waals surface area contributed by atoms with Gasteiger partial charge in [0.2, 0.25) is 0 Å². The molecule has 0 saturated heterocycles. The minimum absolute atomic E-state index is 0.112. The molecule has 3 aromatic rings. The second-order valence-corrected chi connectivity index (χ2v) is 6.11. The summed E-state index contributed by atoms with van der Waals surface area (Å²) in [6, 6.07) is 9.27. The van der Waals surface area contributed by atoms with E-state index in [4.69, 9.17) is 14.7 Å². The third-order valence-electron chi connectivity index (χ3n) is 3.99. The number of rotatable bonds is 7. The molecule has 11 heteroatoms. The lowest BCUT2D eigenvalue weighted by Crippen LogP contribution is -2.22. The summed E-state index contributed by atoms with van der Waals surface area (Å²) in [5.74, 6) is -0.208. The number of aromatic nitrogens is 3. The van der Waals surface area contributed by atoms with Crippen LogP contribution in [0.15, 0.2) is 49.1 Å². The van der Waals surface area contributed by atoms with E-state index in [9.17, 15) is 18.0 Å². The number of nitrogens with one attached hydrogen (secondary N) is 1. The quantitative estimate of drug-likeness (QED) is 0.614. The van der Waals surface area contributed by atoms with Crippen LogP contribution in [0.2, 0.25) is 0 Å². The number of halogens is 3. The Labute approximate surface area is 174 Å². The molecular formula is C20H16F3N5O3. The molecule has 1 heterocycles. The SMILES string of the molecule is CCOc1cc(C#N)ccc1OCC(=O)Nc1cc(C(F)(F)F)ccc1-n1cncn1. The highest BCUT2D eigenvalue weighted by Crippen LogP contribution is 2.33. The Morgan fingerprint density at radius 3 is 2.65 bits per heavy atom. The number of nitrogens with zero attached hydrogens (tertiary/aromatic N) is 4. The van der Waals surface area contributed by atoms with Crippen LogP contribution in [0, 0.1) is 11.3 Å². The van der Waals surface area contributed by atoms with Crippen LogP contribution in [0.25, 0.3) is 5.69 Å². The highest BCUT2D eigenvalue weighted by molar-refractivity contribution is 5.94. The first-order valence-corrected chi connectivity index (χ1v) is 8.97. The maximum absolute atomic E-state index is 13.1. The number of nitriles is 1. The number of alkyl halides is 3. The molecule has 0 radical (unpaired) electrons. The molecule has 0 fully saturated rings. The summed E-state index contributed by atoms with van der Waals surface area (Å²) >= 11 is 0. The fourth-order valence-electron chi connectivity index (χ4n) is 2.64. The van der Waals surface area contributed by atoms with Crippen molar-refractivity contribution in [3.8, 4) is 23.3 Å². The zero-order chi connectivity index (χ0) is 22.4. The topological polar surface area (TPSA) is 102 Å². The Balaban J connectivity index is 1.80. The Morgan fingerprint density at radius 1 is 1.19 bits per heavy atom. The lowest BCUT2D eigenvalue weighted by molar-refractivity contribution is -0.137. The molecule has 1 N–H and O–H groups in total. The van der Waals surface area contributed by atoms with Crippen LogP contribution >= 0.6 is 0 Å². The van der Waals surface area contributed by atoms with Crippen molar-refractivity contribution in [2.24, 2.45) is 0 Å². The summed E-state index contributed by atoms with van der Waals surface area (Å²) in [6.45, 7) is 1.55. The van der Waals surface area contributed by atoms with Gasteiger partial charge in [0.1, 0.15) is 12.7 Å². The van der Waals surface area contributed by atoms with E-state index >= 15 is 0 Å². The molecule has 31 heavy (non-hydrogen) atoms. The van der Waals surface area contributed by atoms with Crippen LogP contribution < -0.4 is 14.8 Å². The number of hydrogen-bond acceptors (Lipinski definition) is 6. The average molecular weight is 431 g/mol. The molecule has 0 aliphatic rings. The summed E-state index contributed by atoms with van der Waals surface area (Å²) < 4.78 is 51.4. The molecule has 1 amide bonds. The van der Waals surface area contributed by atoms with Crippen molar-refractivity contribution < 1.29 is 27.4 Å². The molecule has 0 spiro atoms. The van der Waals surface area contributed by atoms with Gasteiger partial charge < -0.3 is 14.8 Å². The minimum Gasteiger partial charge on any atom is -0.490 e. The Bertz CT molecular complexity index is 1110. The first-order valence-electron chi connectivity index (χ1n) is 8.97. The van der Waals surface area contributed by atoms with E-state index in [1.807, 2.05) is 6.07 Å². The van der Waals surface area contributed by atoms with Gasteiger partial charge in [0.25, 0.3) is 5.91 Å². The van der Waals surface area contributed by atoms with E-state index in [-0.39, 0.29) is 22.9 Å². The summed E-state index contributed by atoms with van der Waals surface area (Å²) in [7, 11) is 0. The molecule has 0 unspecified atom stereocenters. The molecule has 0 atom stereocenters. The molecule has 160 valence electrons. The number of hydrogen-bond donors (Lipinski definition) is 1. The molecule has 1 aromatic heterocycles. The molecule has 8 nitrogen and oxygen atoms in total. The van der Waals surface area contributed by atoms with Crippen molar-refractivity contribution in [3.63, 3.8) is 0 Å². The van der Waals surface area contributed by atoms with Gasteiger partial charge >= 0.3 is 6.18 Å². The largest absolute Gasteiger partial charge is 0.490 e. The number of ether oxygens (including phenoxy) is 2. The summed E-state index contributed by atoms with van der Waals surface area (Å²) in [5, 5.41) is 15.3. The zero-order valence-corrected chi connectivity index (χ0v) is 16.2. The predicted octanol–water partition coefficient (Wildman–Crippen LogP) is 3.57.